The quantitative estimate of drug-likeness (QED) is 0.713. The summed E-state index contributed by atoms with van der Waals surface area (Å²) >= 11 is 5.86. The Morgan fingerprint density at radius 1 is 1.07 bits per heavy atom. The molecule has 0 saturated heterocycles. The highest BCUT2D eigenvalue weighted by molar-refractivity contribution is 6.30. The number of ether oxygens (including phenoxy) is 1. The predicted octanol–water partition coefficient (Wildman–Crippen LogP) is 3.66. The van der Waals surface area contributed by atoms with Gasteiger partial charge >= 0.3 is 0 Å². The molecule has 1 atom stereocenters. The summed E-state index contributed by atoms with van der Waals surface area (Å²) in [5.74, 6) is 0.154. The molecule has 2 aromatic carbocycles. The Bertz CT molecular complexity index is 735. The zero-order valence-corrected chi connectivity index (χ0v) is 16.4. The van der Waals surface area contributed by atoms with E-state index in [1.165, 1.54) is 0 Å². The third kappa shape index (κ3) is 6.29. The second-order valence-corrected chi connectivity index (χ2v) is 6.50. The van der Waals surface area contributed by atoms with Crippen LogP contribution >= 0.6 is 11.6 Å². The van der Waals surface area contributed by atoms with E-state index in [0.717, 1.165) is 5.56 Å². The van der Waals surface area contributed by atoms with Gasteiger partial charge < -0.3 is 15.0 Å². The van der Waals surface area contributed by atoms with Gasteiger partial charge in [-0.3, -0.25) is 9.59 Å². The van der Waals surface area contributed by atoms with Crippen LogP contribution in [0.4, 0.5) is 0 Å². The standard InChI is InChI=1S/C21H25ClN2O3/c1-3-19(21(26)23-4-2)24(14-16-8-6-5-7-9-16)20(25)15-27-18-12-10-17(22)11-13-18/h5-13,19H,3-4,14-15H2,1-2H3,(H,23,26)/t19-/m1/s1. The molecule has 0 spiro atoms. The summed E-state index contributed by atoms with van der Waals surface area (Å²) in [6.07, 6.45) is 0.519. The van der Waals surface area contributed by atoms with Crippen LogP contribution in [0.5, 0.6) is 5.75 Å². The molecule has 0 aliphatic heterocycles. The molecule has 0 radical (unpaired) electrons. The van der Waals surface area contributed by atoms with Gasteiger partial charge in [-0.1, -0.05) is 48.9 Å². The Morgan fingerprint density at radius 2 is 1.74 bits per heavy atom. The normalized spacial score (nSPS) is 11.5. The van der Waals surface area contributed by atoms with Gasteiger partial charge in [0.1, 0.15) is 11.8 Å². The highest BCUT2D eigenvalue weighted by atomic mass is 35.5. The average molecular weight is 389 g/mol. The summed E-state index contributed by atoms with van der Waals surface area (Å²) in [7, 11) is 0. The summed E-state index contributed by atoms with van der Waals surface area (Å²) in [5, 5.41) is 3.41. The van der Waals surface area contributed by atoms with Crippen LogP contribution in [0.1, 0.15) is 25.8 Å². The summed E-state index contributed by atoms with van der Waals surface area (Å²) in [6.45, 7) is 4.47. The van der Waals surface area contributed by atoms with Crippen molar-refractivity contribution in [1.29, 1.82) is 0 Å². The van der Waals surface area contributed by atoms with Gasteiger partial charge in [-0.25, -0.2) is 0 Å². The van der Waals surface area contributed by atoms with Crippen molar-refractivity contribution in [3.05, 3.63) is 65.2 Å². The van der Waals surface area contributed by atoms with Crippen LogP contribution in [0.25, 0.3) is 0 Å². The molecule has 27 heavy (non-hydrogen) atoms. The van der Waals surface area contributed by atoms with Crippen LogP contribution in [-0.2, 0) is 16.1 Å². The molecule has 2 rings (SSSR count). The molecule has 0 saturated carbocycles. The second-order valence-electron chi connectivity index (χ2n) is 6.07. The van der Waals surface area contributed by atoms with E-state index in [2.05, 4.69) is 5.32 Å². The first-order chi connectivity index (χ1) is 13.0. The highest BCUT2D eigenvalue weighted by Crippen LogP contribution is 2.17. The number of amides is 2. The minimum atomic E-state index is -0.550. The lowest BCUT2D eigenvalue weighted by Gasteiger charge is -2.30. The maximum Gasteiger partial charge on any atom is 0.261 e. The van der Waals surface area contributed by atoms with Crippen molar-refractivity contribution >= 4 is 23.4 Å². The van der Waals surface area contributed by atoms with Crippen LogP contribution in [-0.4, -0.2) is 35.9 Å². The van der Waals surface area contributed by atoms with Crippen LogP contribution in [0, 0.1) is 0 Å². The predicted molar refractivity (Wildman–Crippen MR) is 107 cm³/mol. The smallest absolute Gasteiger partial charge is 0.261 e. The van der Waals surface area contributed by atoms with Gasteiger partial charge in [-0.2, -0.15) is 0 Å². The monoisotopic (exact) mass is 388 g/mol. The first-order valence-corrected chi connectivity index (χ1v) is 9.42. The van der Waals surface area contributed by atoms with E-state index >= 15 is 0 Å². The Labute approximate surface area is 165 Å². The van der Waals surface area contributed by atoms with Gasteiger partial charge in [-0.15, -0.1) is 0 Å². The summed E-state index contributed by atoms with van der Waals surface area (Å²) in [5.41, 5.74) is 0.958. The minimum absolute atomic E-state index is 0.148. The SMILES string of the molecule is CCNC(=O)[C@@H](CC)N(Cc1ccccc1)C(=O)COc1ccc(Cl)cc1. The molecule has 0 aliphatic rings. The molecule has 0 heterocycles. The molecule has 0 aliphatic carbocycles. The van der Waals surface area contributed by atoms with Gasteiger partial charge in [0.2, 0.25) is 5.91 Å². The molecule has 6 heteroatoms. The molecular formula is C21H25ClN2O3. The number of benzene rings is 2. The first kappa shape index (κ1) is 20.8. The summed E-state index contributed by atoms with van der Waals surface area (Å²) in [4.78, 5) is 26.9. The molecule has 5 nitrogen and oxygen atoms in total. The molecule has 0 aromatic heterocycles. The van der Waals surface area contributed by atoms with Crippen molar-refractivity contribution in [3.8, 4) is 5.75 Å². The van der Waals surface area contributed by atoms with E-state index in [9.17, 15) is 9.59 Å². The molecule has 2 aromatic rings. The number of rotatable bonds is 9. The molecule has 0 bridgehead atoms. The Hall–Kier alpha value is -2.53. The zero-order valence-electron chi connectivity index (χ0n) is 15.7. The first-order valence-electron chi connectivity index (χ1n) is 9.04. The van der Waals surface area contributed by atoms with Gasteiger partial charge in [0.25, 0.3) is 5.91 Å². The fourth-order valence-electron chi connectivity index (χ4n) is 2.75. The molecule has 144 valence electrons. The lowest BCUT2D eigenvalue weighted by atomic mass is 10.1. The molecule has 0 unspecified atom stereocenters. The lowest BCUT2D eigenvalue weighted by Crippen LogP contribution is -2.50. The number of likely N-dealkylation sites (N-methyl/N-ethyl adjacent to an activating group) is 1. The van der Waals surface area contributed by atoms with Crippen LogP contribution in [0.15, 0.2) is 54.6 Å². The fraction of sp³-hybridized carbons (Fsp3) is 0.333. The highest BCUT2D eigenvalue weighted by Gasteiger charge is 2.28. The van der Waals surface area contributed by atoms with Crippen molar-refractivity contribution in [2.24, 2.45) is 0 Å². The van der Waals surface area contributed by atoms with Gasteiger partial charge in [0, 0.05) is 18.1 Å². The van der Waals surface area contributed by atoms with E-state index in [1.807, 2.05) is 44.2 Å². The summed E-state index contributed by atoms with van der Waals surface area (Å²) < 4.78 is 5.59. The molecule has 0 fully saturated rings. The molecule has 2 amide bonds. The molecular weight excluding hydrogens is 364 g/mol. The van der Waals surface area contributed by atoms with Gasteiger partial charge in [0.15, 0.2) is 6.61 Å². The number of nitrogens with one attached hydrogen (secondary N) is 1. The van der Waals surface area contributed by atoms with Crippen molar-refractivity contribution in [3.63, 3.8) is 0 Å². The topological polar surface area (TPSA) is 58.6 Å². The second kappa shape index (κ2) is 10.6. The lowest BCUT2D eigenvalue weighted by molar-refractivity contribution is -0.142. The summed E-state index contributed by atoms with van der Waals surface area (Å²) in [6, 6.07) is 15.9. The Balaban J connectivity index is 2.14. The van der Waals surface area contributed by atoms with Crippen LogP contribution in [0.2, 0.25) is 5.02 Å². The van der Waals surface area contributed by atoms with Crippen LogP contribution < -0.4 is 10.1 Å². The van der Waals surface area contributed by atoms with E-state index in [-0.39, 0.29) is 18.4 Å². The van der Waals surface area contributed by atoms with E-state index in [4.69, 9.17) is 16.3 Å². The largest absolute Gasteiger partial charge is 0.484 e. The maximum atomic E-state index is 12.9. The third-order valence-electron chi connectivity index (χ3n) is 4.11. The van der Waals surface area contributed by atoms with Crippen molar-refractivity contribution in [2.45, 2.75) is 32.9 Å². The number of carbonyl (C=O) groups is 2. The Morgan fingerprint density at radius 3 is 2.33 bits per heavy atom. The van der Waals surface area contributed by atoms with Crippen LogP contribution in [0.3, 0.4) is 0 Å². The van der Waals surface area contributed by atoms with Crippen molar-refractivity contribution < 1.29 is 14.3 Å². The van der Waals surface area contributed by atoms with E-state index in [0.29, 0.717) is 30.3 Å². The number of hydrogen-bond donors (Lipinski definition) is 1. The maximum absolute atomic E-state index is 12.9. The minimum Gasteiger partial charge on any atom is -0.484 e. The number of halogens is 1. The fourth-order valence-corrected chi connectivity index (χ4v) is 2.88. The number of hydrogen-bond acceptors (Lipinski definition) is 3. The van der Waals surface area contributed by atoms with Crippen molar-refractivity contribution in [1.82, 2.24) is 10.2 Å². The number of carbonyl (C=O) groups excluding carboxylic acids is 2. The van der Waals surface area contributed by atoms with Crippen molar-refractivity contribution in [2.75, 3.05) is 13.2 Å². The average Bonchev–Trinajstić information content (AvgIpc) is 2.68. The van der Waals surface area contributed by atoms with Gasteiger partial charge in [0.05, 0.1) is 0 Å². The van der Waals surface area contributed by atoms with E-state index < -0.39 is 6.04 Å². The van der Waals surface area contributed by atoms with E-state index in [1.54, 1.807) is 29.2 Å². The number of nitrogens with zero attached hydrogens (tertiary/aromatic N) is 1. The molecule has 1 N–H and O–H groups in total. The zero-order chi connectivity index (χ0) is 19.6. The Kier molecular flexibility index (Phi) is 8.14. The third-order valence-corrected chi connectivity index (χ3v) is 4.36. The van der Waals surface area contributed by atoms with Gasteiger partial charge in [-0.05, 0) is 43.2 Å².